The van der Waals surface area contributed by atoms with Gasteiger partial charge in [-0.15, -0.1) is 11.3 Å². The highest BCUT2D eigenvalue weighted by Gasteiger charge is 2.42. The molecule has 2 nitrogen and oxygen atoms in total. The molecule has 0 saturated heterocycles. The van der Waals surface area contributed by atoms with Gasteiger partial charge in [0.1, 0.15) is 5.01 Å². The summed E-state index contributed by atoms with van der Waals surface area (Å²) in [5.74, 6) is -1.25. The van der Waals surface area contributed by atoms with Crippen molar-refractivity contribution in [1.82, 2.24) is 9.97 Å². The van der Waals surface area contributed by atoms with E-state index in [1.165, 1.54) is 6.92 Å². The normalized spacial score (nSPS) is 17.2. The van der Waals surface area contributed by atoms with Crippen LogP contribution in [0.15, 0.2) is 24.5 Å². The molecule has 0 bridgehead atoms. The molecule has 6 heteroatoms. The van der Waals surface area contributed by atoms with Crippen molar-refractivity contribution in [3.63, 3.8) is 0 Å². The summed E-state index contributed by atoms with van der Waals surface area (Å²) in [6, 6.07) is 3.59. The summed E-state index contributed by atoms with van der Waals surface area (Å²) in [5, 5.41) is 0.631. The number of thiazole rings is 1. The summed E-state index contributed by atoms with van der Waals surface area (Å²) in [6.07, 6.45) is 0.930. The minimum Gasteiger partial charge on any atom is -0.264 e. The Morgan fingerprint density at radius 1 is 1.35 bits per heavy atom. The maximum absolute atomic E-state index is 13.0. The first-order valence-electron chi connectivity index (χ1n) is 6.44. The molecule has 2 aromatic heterocycles. The zero-order valence-electron chi connectivity index (χ0n) is 10.8. The zero-order valence-corrected chi connectivity index (χ0v) is 11.6. The van der Waals surface area contributed by atoms with Crippen LogP contribution in [-0.2, 0) is 0 Å². The number of aromatic nitrogens is 2. The first kappa shape index (κ1) is 13.5. The fraction of sp³-hybridized carbons (Fsp3) is 0.429. The molecule has 1 saturated carbocycles. The average Bonchev–Trinajstić information content (AvgIpc) is 3.17. The molecular weight excluding hydrogens is 285 g/mol. The molecule has 1 aliphatic rings. The number of pyridine rings is 1. The third kappa shape index (κ3) is 2.57. The van der Waals surface area contributed by atoms with Crippen LogP contribution in [0.2, 0.25) is 0 Å². The Labute approximate surface area is 118 Å². The summed E-state index contributed by atoms with van der Waals surface area (Å²) in [4.78, 5) is 8.81. The Morgan fingerprint density at radius 3 is 2.65 bits per heavy atom. The number of hydrogen-bond acceptors (Lipinski definition) is 3. The largest absolute Gasteiger partial charge is 0.396 e. The number of rotatable bonds is 3. The van der Waals surface area contributed by atoms with Crippen molar-refractivity contribution in [2.45, 2.75) is 37.8 Å². The van der Waals surface area contributed by atoms with Crippen molar-refractivity contribution >= 4 is 11.3 Å². The molecular formula is C14H13F3N2S. The summed E-state index contributed by atoms with van der Waals surface area (Å²) in [6.45, 7) is 1.21. The van der Waals surface area contributed by atoms with Crippen LogP contribution in [-0.4, -0.2) is 16.1 Å². The van der Waals surface area contributed by atoms with Gasteiger partial charge < -0.3 is 0 Å². The van der Waals surface area contributed by atoms with Gasteiger partial charge in [-0.25, -0.2) is 4.98 Å². The highest BCUT2D eigenvalue weighted by molar-refractivity contribution is 7.15. The number of hydrogen-bond donors (Lipinski definition) is 0. The van der Waals surface area contributed by atoms with Gasteiger partial charge in [-0.05, 0) is 31.9 Å². The second-order valence-electron chi connectivity index (χ2n) is 5.05. The standard InChI is InChI=1S/C14H13F3N2S/c1-8(14(15,16)17)12-11(9-4-5-9)19-13(20-12)10-3-2-6-18-7-10/h2-3,6-9H,4-5H2,1H3. The van der Waals surface area contributed by atoms with Crippen LogP contribution >= 0.6 is 11.3 Å². The molecule has 1 atom stereocenters. The van der Waals surface area contributed by atoms with Gasteiger partial charge in [-0.2, -0.15) is 13.2 Å². The summed E-state index contributed by atoms with van der Waals surface area (Å²) < 4.78 is 38.9. The van der Waals surface area contributed by atoms with E-state index in [0.29, 0.717) is 15.6 Å². The molecule has 1 aliphatic carbocycles. The molecule has 2 aromatic rings. The molecule has 0 spiro atoms. The van der Waals surface area contributed by atoms with Gasteiger partial charge in [0.15, 0.2) is 0 Å². The lowest BCUT2D eigenvalue weighted by Gasteiger charge is -2.14. The summed E-state index contributed by atoms with van der Waals surface area (Å²) in [7, 11) is 0. The van der Waals surface area contributed by atoms with Crippen LogP contribution in [0, 0.1) is 0 Å². The lowest BCUT2D eigenvalue weighted by molar-refractivity contribution is -0.145. The number of alkyl halides is 3. The van der Waals surface area contributed by atoms with Gasteiger partial charge in [0.05, 0.1) is 11.6 Å². The quantitative estimate of drug-likeness (QED) is 0.817. The van der Waals surface area contributed by atoms with E-state index >= 15 is 0 Å². The van der Waals surface area contributed by atoms with Crippen LogP contribution in [0.5, 0.6) is 0 Å². The van der Waals surface area contributed by atoms with Gasteiger partial charge in [-0.1, -0.05) is 0 Å². The van der Waals surface area contributed by atoms with Crippen molar-refractivity contribution in [3.8, 4) is 10.6 Å². The topological polar surface area (TPSA) is 25.8 Å². The van der Waals surface area contributed by atoms with Crippen molar-refractivity contribution in [2.24, 2.45) is 0 Å². The van der Waals surface area contributed by atoms with Crippen LogP contribution in [0.4, 0.5) is 13.2 Å². The Balaban J connectivity index is 2.03. The third-order valence-electron chi connectivity index (χ3n) is 3.44. The van der Waals surface area contributed by atoms with E-state index in [2.05, 4.69) is 9.97 Å². The van der Waals surface area contributed by atoms with E-state index in [1.54, 1.807) is 18.5 Å². The molecule has 1 unspecified atom stereocenters. The minimum atomic E-state index is -4.22. The smallest absolute Gasteiger partial charge is 0.264 e. The predicted molar refractivity (Wildman–Crippen MR) is 71.8 cm³/mol. The van der Waals surface area contributed by atoms with E-state index < -0.39 is 12.1 Å². The molecule has 0 aromatic carbocycles. The van der Waals surface area contributed by atoms with E-state index in [4.69, 9.17) is 0 Å². The highest BCUT2D eigenvalue weighted by Crippen LogP contribution is 2.49. The molecule has 0 N–H and O–H groups in total. The van der Waals surface area contributed by atoms with Gasteiger partial charge in [0.2, 0.25) is 0 Å². The Hall–Kier alpha value is -1.43. The van der Waals surface area contributed by atoms with E-state index in [0.717, 1.165) is 29.7 Å². The van der Waals surface area contributed by atoms with Crippen molar-refractivity contribution < 1.29 is 13.2 Å². The number of nitrogens with zero attached hydrogens (tertiary/aromatic N) is 2. The van der Waals surface area contributed by atoms with Crippen molar-refractivity contribution in [2.75, 3.05) is 0 Å². The fourth-order valence-corrected chi connectivity index (χ4v) is 3.28. The second-order valence-corrected chi connectivity index (χ2v) is 6.08. The first-order chi connectivity index (χ1) is 9.47. The maximum Gasteiger partial charge on any atom is 0.396 e. The molecule has 0 radical (unpaired) electrons. The van der Waals surface area contributed by atoms with Gasteiger partial charge >= 0.3 is 6.18 Å². The lowest BCUT2D eigenvalue weighted by Crippen LogP contribution is -2.17. The maximum atomic E-state index is 13.0. The van der Waals surface area contributed by atoms with E-state index in [1.807, 2.05) is 6.07 Å². The van der Waals surface area contributed by atoms with Crippen molar-refractivity contribution in [1.29, 1.82) is 0 Å². The van der Waals surface area contributed by atoms with Crippen LogP contribution < -0.4 is 0 Å². The molecule has 2 heterocycles. The summed E-state index contributed by atoms with van der Waals surface area (Å²) in [5.41, 5.74) is 1.42. The van der Waals surface area contributed by atoms with Gasteiger partial charge in [0, 0.05) is 28.8 Å². The molecule has 0 aliphatic heterocycles. The SMILES string of the molecule is CC(c1sc(-c2cccnc2)nc1C1CC1)C(F)(F)F. The fourth-order valence-electron chi connectivity index (χ4n) is 2.06. The van der Waals surface area contributed by atoms with E-state index in [9.17, 15) is 13.2 Å². The minimum absolute atomic E-state index is 0.205. The monoisotopic (exact) mass is 298 g/mol. The number of halogens is 3. The first-order valence-corrected chi connectivity index (χ1v) is 7.26. The predicted octanol–water partition coefficient (Wildman–Crippen LogP) is 4.75. The molecule has 3 rings (SSSR count). The molecule has 20 heavy (non-hydrogen) atoms. The Kier molecular flexibility index (Phi) is 3.28. The summed E-state index contributed by atoms with van der Waals surface area (Å²) >= 11 is 1.14. The average molecular weight is 298 g/mol. The molecule has 0 amide bonds. The molecule has 1 fully saturated rings. The van der Waals surface area contributed by atoms with E-state index in [-0.39, 0.29) is 5.92 Å². The molecule has 106 valence electrons. The second kappa shape index (κ2) is 4.84. The van der Waals surface area contributed by atoms with Gasteiger partial charge in [-0.3, -0.25) is 4.98 Å². The van der Waals surface area contributed by atoms with Crippen molar-refractivity contribution in [3.05, 3.63) is 35.1 Å². The Bertz CT molecular complexity index is 603. The zero-order chi connectivity index (χ0) is 14.3. The van der Waals surface area contributed by atoms with Crippen LogP contribution in [0.3, 0.4) is 0 Å². The highest BCUT2D eigenvalue weighted by atomic mass is 32.1. The van der Waals surface area contributed by atoms with Crippen LogP contribution in [0.1, 0.15) is 42.2 Å². The lowest BCUT2D eigenvalue weighted by atomic mass is 10.1. The third-order valence-corrected chi connectivity index (χ3v) is 4.74. The van der Waals surface area contributed by atoms with Crippen LogP contribution in [0.25, 0.3) is 10.6 Å². The Morgan fingerprint density at radius 2 is 2.10 bits per heavy atom. The van der Waals surface area contributed by atoms with Gasteiger partial charge in [0.25, 0.3) is 0 Å².